The highest BCUT2D eigenvalue weighted by Crippen LogP contribution is 2.38. The van der Waals surface area contributed by atoms with Gasteiger partial charge in [0.2, 0.25) is 17.7 Å². The molecule has 29 heavy (non-hydrogen) atoms. The van der Waals surface area contributed by atoms with Crippen LogP contribution < -0.4 is 10.2 Å². The molecule has 1 fully saturated rings. The molecule has 4 rings (SSSR count). The van der Waals surface area contributed by atoms with E-state index in [-0.39, 0.29) is 35.3 Å². The number of amides is 3. The van der Waals surface area contributed by atoms with Gasteiger partial charge in [-0.15, -0.1) is 11.8 Å². The molecule has 0 saturated carbocycles. The summed E-state index contributed by atoms with van der Waals surface area (Å²) >= 11 is 4.77. The smallest absolute Gasteiger partial charge is 0.238 e. The molecule has 1 N–H and O–H groups in total. The predicted molar refractivity (Wildman–Crippen MR) is 118 cm³/mol. The Bertz CT molecular complexity index is 947. The largest absolute Gasteiger partial charge is 0.325 e. The molecule has 0 unspecified atom stereocenters. The number of rotatable bonds is 5. The summed E-state index contributed by atoms with van der Waals surface area (Å²) in [5.41, 5.74) is 1.34. The van der Waals surface area contributed by atoms with Gasteiger partial charge in [-0.1, -0.05) is 28.1 Å². The van der Waals surface area contributed by atoms with Crippen LogP contribution >= 0.6 is 27.7 Å². The maximum absolute atomic E-state index is 12.7. The van der Waals surface area contributed by atoms with E-state index in [1.807, 2.05) is 48.6 Å². The van der Waals surface area contributed by atoms with Crippen LogP contribution in [-0.4, -0.2) is 23.5 Å². The number of fused-ring (bicyclic) bond motifs is 1. The van der Waals surface area contributed by atoms with Gasteiger partial charge in [-0.05, 0) is 61.4 Å². The van der Waals surface area contributed by atoms with E-state index in [2.05, 4.69) is 21.2 Å². The molecule has 0 radical (unpaired) electrons. The lowest BCUT2D eigenvalue weighted by atomic mass is 9.85. The maximum Gasteiger partial charge on any atom is 0.238 e. The number of nitrogens with zero attached hydrogens (tertiary/aromatic N) is 1. The van der Waals surface area contributed by atoms with E-state index < -0.39 is 0 Å². The van der Waals surface area contributed by atoms with Crippen molar-refractivity contribution in [2.24, 2.45) is 11.8 Å². The van der Waals surface area contributed by atoms with Gasteiger partial charge in [-0.2, -0.15) is 0 Å². The first kappa shape index (κ1) is 19.9. The first-order valence-electron chi connectivity index (χ1n) is 9.34. The molecule has 1 heterocycles. The second-order valence-electron chi connectivity index (χ2n) is 7.01. The Hall–Kier alpha value is -2.38. The van der Waals surface area contributed by atoms with E-state index in [0.717, 1.165) is 15.1 Å². The normalized spacial score (nSPS) is 20.7. The summed E-state index contributed by atoms with van der Waals surface area (Å²) in [5, 5.41) is 2.85. The number of allylic oxidation sites excluding steroid dienone is 2. The van der Waals surface area contributed by atoms with Crippen LogP contribution in [0.4, 0.5) is 11.4 Å². The first-order chi connectivity index (χ1) is 14.0. The molecule has 2 aromatic rings. The Morgan fingerprint density at radius 1 is 0.966 bits per heavy atom. The van der Waals surface area contributed by atoms with Gasteiger partial charge in [-0.25, -0.2) is 0 Å². The second kappa shape index (κ2) is 8.55. The molecule has 0 aromatic heterocycles. The summed E-state index contributed by atoms with van der Waals surface area (Å²) in [7, 11) is 0. The molecular formula is C22H19BrN2O3S. The van der Waals surface area contributed by atoms with Crippen molar-refractivity contribution in [2.45, 2.75) is 17.7 Å². The van der Waals surface area contributed by atoms with Gasteiger partial charge in [0.15, 0.2) is 0 Å². The third-order valence-electron chi connectivity index (χ3n) is 5.10. The van der Waals surface area contributed by atoms with E-state index in [9.17, 15) is 14.4 Å². The van der Waals surface area contributed by atoms with E-state index in [1.165, 1.54) is 16.7 Å². The number of anilines is 2. The van der Waals surface area contributed by atoms with Crippen LogP contribution in [0.3, 0.4) is 0 Å². The zero-order chi connectivity index (χ0) is 20.4. The van der Waals surface area contributed by atoms with Crippen LogP contribution in [0.25, 0.3) is 0 Å². The zero-order valence-electron chi connectivity index (χ0n) is 15.5. The van der Waals surface area contributed by atoms with Gasteiger partial charge in [0.05, 0.1) is 23.3 Å². The Morgan fingerprint density at radius 3 is 2.14 bits per heavy atom. The molecule has 3 amide bonds. The lowest BCUT2D eigenvalue weighted by Gasteiger charge is -2.15. The number of carbonyl (C=O) groups is 3. The molecule has 1 aliphatic heterocycles. The van der Waals surface area contributed by atoms with Crippen molar-refractivity contribution >= 4 is 56.8 Å². The molecule has 0 spiro atoms. The first-order valence-corrected chi connectivity index (χ1v) is 11.1. The number of benzene rings is 2. The van der Waals surface area contributed by atoms with Crippen molar-refractivity contribution in [2.75, 3.05) is 16.0 Å². The van der Waals surface area contributed by atoms with Gasteiger partial charge >= 0.3 is 0 Å². The Morgan fingerprint density at radius 2 is 1.55 bits per heavy atom. The molecule has 148 valence electrons. The van der Waals surface area contributed by atoms with Gasteiger partial charge in [0.25, 0.3) is 0 Å². The van der Waals surface area contributed by atoms with E-state index >= 15 is 0 Å². The minimum atomic E-state index is -0.233. The number of nitrogens with one attached hydrogen (secondary N) is 1. The number of hydrogen-bond acceptors (Lipinski definition) is 4. The quantitative estimate of drug-likeness (QED) is 0.392. The molecule has 5 nitrogen and oxygen atoms in total. The van der Waals surface area contributed by atoms with Crippen molar-refractivity contribution in [3.8, 4) is 0 Å². The van der Waals surface area contributed by atoms with Gasteiger partial charge in [0.1, 0.15) is 0 Å². The molecule has 1 aliphatic carbocycles. The fraction of sp³-hybridized carbons (Fsp3) is 0.227. The molecule has 2 aliphatic rings. The van der Waals surface area contributed by atoms with Crippen LogP contribution in [0.2, 0.25) is 0 Å². The lowest BCUT2D eigenvalue weighted by molar-refractivity contribution is -0.122. The van der Waals surface area contributed by atoms with Crippen molar-refractivity contribution in [3.63, 3.8) is 0 Å². The third-order valence-corrected chi connectivity index (χ3v) is 6.64. The fourth-order valence-corrected chi connectivity index (χ4v) is 4.59. The van der Waals surface area contributed by atoms with Crippen molar-refractivity contribution in [3.05, 3.63) is 65.2 Å². The molecule has 2 aromatic carbocycles. The van der Waals surface area contributed by atoms with Gasteiger partial charge in [-0.3, -0.25) is 19.3 Å². The third kappa shape index (κ3) is 4.31. The molecular weight excluding hydrogens is 452 g/mol. The average Bonchev–Trinajstić information content (AvgIpc) is 2.99. The van der Waals surface area contributed by atoms with Crippen LogP contribution in [0.1, 0.15) is 12.8 Å². The minimum absolute atomic E-state index is 0.0946. The molecule has 1 saturated heterocycles. The predicted octanol–water partition coefficient (Wildman–Crippen LogP) is 4.64. The van der Waals surface area contributed by atoms with Gasteiger partial charge in [0, 0.05) is 15.1 Å². The summed E-state index contributed by atoms with van der Waals surface area (Å²) in [6.07, 6.45) is 5.23. The average molecular weight is 471 g/mol. The van der Waals surface area contributed by atoms with Crippen LogP contribution in [0, 0.1) is 11.8 Å². The summed E-state index contributed by atoms with van der Waals surface area (Å²) < 4.78 is 0.954. The topological polar surface area (TPSA) is 66.5 Å². The molecule has 7 heteroatoms. The standard InChI is InChI=1S/C22H19BrN2O3S/c23-14-5-7-15(8-6-14)24-20(26)13-29-17-11-9-16(10-12-17)25-21(27)18-3-1-2-4-19(18)22(25)28/h1-2,5-12,18-19H,3-4,13H2,(H,24,26)/t18-,19-/m1/s1. The summed E-state index contributed by atoms with van der Waals surface area (Å²) in [6, 6.07) is 14.6. The monoisotopic (exact) mass is 470 g/mol. The van der Waals surface area contributed by atoms with Crippen LogP contribution in [0.5, 0.6) is 0 Å². The Kier molecular flexibility index (Phi) is 5.87. The lowest BCUT2D eigenvalue weighted by Crippen LogP contribution is -2.30. The van der Waals surface area contributed by atoms with E-state index in [4.69, 9.17) is 0 Å². The van der Waals surface area contributed by atoms with Crippen molar-refractivity contribution in [1.29, 1.82) is 0 Å². The SMILES string of the molecule is O=C(CSc1ccc(N2C(=O)[C@@H]3CC=CC[C@H]3C2=O)cc1)Nc1ccc(Br)cc1. The van der Waals surface area contributed by atoms with Gasteiger partial charge < -0.3 is 5.32 Å². The number of carbonyl (C=O) groups excluding carboxylic acids is 3. The Balaban J connectivity index is 1.36. The zero-order valence-corrected chi connectivity index (χ0v) is 17.9. The van der Waals surface area contributed by atoms with Crippen LogP contribution in [0.15, 0.2) is 70.1 Å². The van der Waals surface area contributed by atoms with Crippen LogP contribution in [-0.2, 0) is 14.4 Å². The number of halogens is 1. The molecule has 0 bridgehead atoms. The Labute approximate surface area is 181 Å². The van der Waals surface area contributed by atoms with E-state index in [0.29, 0.717) is 18.5 Å². The molecule has 2 atom stereocenters. The van der Waals surface area contributed by atoms with Crippen molar-refractivity contribution < 1.29 is 14.4 Å². The number of imide groups is 1. The number of thioether (sulfide) groups is 1. The summed E-state index contributed by atoms with van der Waals surface area (Å²) in [6.45, 7) is 0. The highest BCUT2D eigenvalue weighted by Gasteiger charge is 2.47. The summed E-state index contributed by atoms with van der Waals surface area (Å²) in [5.74, 6) is -0.514. The van der Waals surface area contributed by atoms with E-state index in [1.54, 1.807) is 12.1 Å². The summed E-state index contributed by atoms with van der Waals surface area (Å²) in [4.78, 5) is 39.7. The second-order valence-corrected chi connectivity index (χ2v) is 8.97. The maximum atomic E-state index is 12.7. The fourth-order valence-electron chi connectivity index (χ4n) is 3.63. The number of hydrogen-bond donors (Lipinski definition) is 1. The highest BCUT2D eigenvalue weighted by molar-refractivity contribution is 9.10. The highest BCUT2D eigenvalue weighted by atomic mass is 79.9. The van der Waals surface area contributed by atoms with Crippen molar-refractivity contribution in [1.82, 2.24) is 0 Å². The minimum Gasteiger partial charge on any atom is -0.325 e.